The summed E-state index contributed by atoms with van der Waals surface area (Å²) in [4.78, 5) is 13.4. The molecule has 2 fully saturated rings. The van der Waals surface area contributed by atoms with Gasteiger partial charge in [0.2, 0.25) is 0 Å². The maximum absolute atomic E-state index is 12.7. The first-order valence-electron chi connectivity index (χ1n) is 9.75. The summed E-state index contributed by atoms with van der Waals surface area (Å²) in [5.74, 6) is 0.937. The fourth-order valence-electron chi connectivity index (χ4n) is 3.96. The van der Waals surface area contributed by atoms with E-state index in [4.69, 9.17) is 4.98 Å². The summed E-state index contributed by atoms with van der Waals surface area (Å²) < 4.78 is 28.7. The van der Waals surface area contributed by atoms with Gasteiger partial charge in [0.1, 0.15) is 0 Å². The highest BCUT2D eigenvalue weighted by Gasteiger charge is 2.32. The molecule has 0 bridgehead atoms. The third-order valence-corrected chi connectivity index (χ3v) is 7.58. The molecule has 0 aromatic carbocycles. The lowest BCUT2D eigenvalue weighted by Gasteiger charge is -2.30. The minimum absolute atomic E-state index is 0.118. The van der Waals surface area contributed by atoms with Gasteiger partial charge in [0.25, 0.3) is 10.0 Å². The highest BCUT2D eigenvalue weighted by molar-refractivity contribution is 7.89. The van der Waals surface area contributed by atoms with E-state index in [2.05, 4.69) is 28.2 Å². The van der Waals surface area contributed by atoms with Crippen molar-refractivity contribution in [1.29, 1.82) is 0 Å². The third kappa shape index (κ3) is 3.20. The van der Waals surface area contributed by atoms with E-state index in [1.54, 1.807) is 17.8 Å². The zero-order chi connectivity index (χ0) is 19.3. The first-order chi connectivity index (χ1) is 13.5. The summed E-state index contributed by atoms with van der Waals surface area (Å²) >= 11 is 0. The van der Waals surface area contributed by atoms with Gasteiger partial charge in [-0.15, -0.1) is 0 Å². The van der Waals surface area contributed by atoms with Crippen LogP contribution in [0.1, 0.15) is 48.8 Å². The van der Waals surface area contributed by atoms with E-state index in [-0.39, 0.29) is 10.9 Å². The van der Waals surface area contributed by atoms with Crippen LogP contribution in [0.25, 0.3) is 11.0 Å². The molecule has 1 aliphatic heterocycles. The topological polar surface area (TPSA) is 81.0 Å². The molecule has 0 N–H and O–H groups in total. The largest absolute Gasteiger partial charge is 0.339 e. The maximum atomic E-state index is 12.7. The zero-order valence-electron chi connectivity index (χ0n) is 15.8. The standard InChI is InChI=1S/C20H23N5O2S/c1-24-12-19(22-13-24)28(26,27)25-8-6-15(7-9-25)18-5-4-16-10-17(14-2-3-14)11-21-20(16)23-18/h4-5,10-15H,2-3,6-9H2,1H3. The molecule has 2 aliphatic rings. The van der Waals surface area contributed by atoms with Crippen LogP contribution in [0.15, 0.2) is 41.9 Å². The van der Waals surface area contributed by atoms with Gasteiger partial charge in [-0.05, 0) is 55.4 Å². The molecule has 3 aromatic heterocycles. The Kier molecular flexibility index (Phi) is 4.21. The summed E-state index contributed by atoms with van der Waals surface area (Å²) in [5.41, 5.74) is 3.11. The predicted molar refractivity (Wildman–Crippen MR) is 105 cm³/mol. The maximum Gasteiger partial charge on any atom is 0.262 e. The van der Waals surface area contributed by atoms with Gasteiger partial charge in [0.05, 0.1) is 6.33 Å². The van der Waals surface area contributed by atoms with Crippen molar-refractivity contribution in [2.24, 2.45) is 7.05 Å². The Bertz CT molecular complexity index is 1130. The first-order valence-corrected chi connectivity index (χ1v) is 11.2. The molecule has 1 saturated carbocycles. The van der Waals surface area contributed by atoms with Crippen LogP contribution in [0.2, 0.25) is 0 Å². The lowest BCUT2D eigenvalue weighted by Crippen LogP contribution is -2.38. The van der Waals surface area contributed by atoms with Gasteiger partial charge in [-0.2, -0.15) is 4.31 Å². The highest BCUT2D eigenvalue weighted by Crippen LogP contribution is 2.40. The van der Waals surface area contributed by atoms with Crippen LogP contribution in [0, 0.1) is 0 Å². The van der Waals surface area contributed by atoms with Gasteiger partial charge >= 0.3 is 0 Å². The number of fused-ring (bicyclic) bond motifs is 1. The number of aryl methyl sites for hydroxylation is 1. The van der Waals surface area contributed by atoms with Crippen molar-refractivity contribution in [3.63, 3.8) is 0 Å². The third-order valence-electron chi connectivity index (χ3n) is 5.79. The van der Waals surface area contributed by atoms with Crippen LogP contribution in [0.4, 0.5) is 0 Å². The Morgan fingerprint density at radius 1 is 1.04 bits per heavy atom. The zero-order valence-corrected chi connectivity index (χ0v) is 16.6. The SMILES string of the molecule is Cn1cnc(S(=O)(=O)N2CCC(c3ccc4cc(C5CC5)cnc4n3)CC2)c1. The second kappa shape index (κ2) is 6.63. The molecule has 1 aliphatic carbocycles. The molecule has 146 valence electrons. The predicted octanol–water partition coefficient (Wildman–Crippen LogP) is 2.81. The Labute approximate surface area is 164 Å². The summed E-state index contributed by atoms with van der Waals surface area (Å²) in [6.07, 6.45) is 9.06. The molecule has 0 spiro atoms. The van der Waals surface area contributed by atoms with Crippen LogP contribution in [-0.2, 0) is 17.1 Å². The van der Waals surface area contributed by atoms with Gasteiger partial charge in [0.15, 0.2) is 10.7 Å². The number of nitrogens with zero attached hydrogens (tertiary/aromatic N) is 5. The molecule has 28 heavy (non-hydrogen) atoms. The number of rotatable bonds is 4. The van der Waals surface area contributed by atoms with Crippen molar-refractivity contribution in [3.8, 4) is 0 Å². The lowest BCUT2D eigenvalue weighted by atomic mass is 9.94. The van der Waals surface area contributed by atoms with E-state index in [0.29, 0.717) is 19.0 Å². The number of hydrogen-bond donors (Lipinski definition) is 0. The van der Waals surface area contributed by atoms with E-state index in [1.165, 1.54) is 29.0 Å². The van der Waals surface area contributed by atoms with Crippen LogP contribution in [0.3, 0.4) is 0 Å². The average Bonchev–Trinajstić information content (AvgIpc) is 3.47. The van der Waals surface area contributed by atoms with E-state index in [9.17, 15) is 8.42 Å². The summed E-state index contributed by atoms with van der Waals surface area (Å²) in [6.45, 7) is 0.967. The molecule has 5 rings (SSSR count). The van der Waals surface area contributed by atoms with Gasteiger partial charge in [-0.25, -0.2) is 23.4 Å². The molecule has 0 radical (unpaired) electrons. The van der Waals surface area contributed by atoms with Crippen LogP contribution < -0.4 is 0 Å². The van der Waals surface area contributed by atoms with Crippen LogP contribution in [0.5, 0.6) is 0 Å². The number of aromatic nitrogens is 4. The van der Waals surface area contributed by atoms with E-state index in [1.807, 2.05) is 6.20 Å². The van der Waals surface area contributed by atoms with Gasteiger partial charge in [-0.3, -0.25) is 0 Å². The van der Waals surface area contributed by atoms with Crippen LogP contribution >= 0.6 is 0 Å². The second-order valence-corrected chi connectivity index (χ2v) is 9.77. The van der Waals surface area contributed by atoms with Gasteiger partial charge < -0.3 is 4.57 Å². The Morgan fingerprint density at radius 3 is 2.50 bits per heavy atom. The quantitative estimate of drug-likeness (QED) is 0.676. The van der Waals surface area contributed by atoms with Crippen molar-refractivity contribution in [3.05, 3.63) is 48.2 Å². The molecule has 0 unspecified atom stereocenters. The van der Waals surface area contributed by atoms with E-state index < -0.39 is 10.0 Å². The molecular weight excluding hydrogens is 374 g/mol. The molecular formula is C20H23N5O2S. The smallest absolute Gasteiger partial charge is 0.262 e. The van der Waals surface area contributed by atoms with Crippen molar-refractivity contribution in [1.82, 2.24) is 23.8 Å². The number of imidazole rings is 1. The molecule has 0 atom stereocenters. The van der Waals surface area contributed by atoms with Gasteiger partial charge in [0, 0.05) is 49.5 Å². The minimum Gasteiger partial charge on any atom is -0.339 e. The van der Waals surface area contributed by atoms with Crippen molar-refractivity contribution in [2.75, 3.05) is 13.1 Å². The Morgan fingerprint density at radius 2 is 1.82 bits per heavy atom. The number of piperidine rings is 1. The van der Waals surface area contributed by atoms with Gasteiger partial charge in [-0.1, -0.05) is 0 Å². The molecule has 8 heteroatoms. The lowest BCUT2D eigenvalue weighted by molar-refractivity contribution is 0.316. The monoisotopic (exact) mass is 397 g/mol. The Hall–Kier alpha value is -2.32. The molecule has 1 saturated heterocycles. The summed E-state index contributed by atoms with van der Waals surface area (Å²) in [7, 11) is -1.75. The van der Waals surface area contributed by atoms with Crippen molar-refractivity contribution < 1.29 is 8.42 Å². The molecule has 3 aromatic rings. The van der Waals surface area contributed by atoms with E-state index in [0.717, 1.165) is 29.6 Å². The van der Waals surface area contributed by atoms with Crippen molar-refractivity contribution >= 4 is 21.1 Å². The minimum atomic E-state index is -3.52. The fraction of sp³-hybridized carbons (Fsp3) is 0.450. The normalized spacial score (nSPS) is 19.3. The number of hydrogen-bond acceptors (Lipinski definition) is 5. The number of pyridine rings is 2. The second-order valence-electron chi connectivity index (χ2n) is 7.88. The number of sulfonamides is 1. The summed E-state index contributed by atoms with van der Waals surface area (Å²) in [5, 5.41) is 1.20. The molecule has 7 nitrogen and oxygen atoms in total. The van der Waals surface area contributed by atoms with E-state index >= 15 is 0 Å². The molecule has 0 amide bonds. The average molecular weight is 398 g/mol. The van der Waals surface area contributed by atoms with Crippen LogP contribution in [-0.4, -0.2) is 45.3 Å². The first kappa shape index (κ1) is 17.8. The summed E-state index contributed by atoms with van der Waals surface area (Å²) in [6, 6.07) is 6.39. The van der Waals surface area contributed by atoms with Crippen molar-refractivity contribution in [2.45, 2.75) is 42.5 Å². The Balaban J connectivity index is 1.31. The molecule has 4 heterocycles. The fourth-order valence-corrected chi connectivity index (χ4v) is 5.39. The highest BCUT2D eigenvalue weighted by atomic mass is 32.2.